The second-order valence-corrected chi connectivity index (χ2v) is 3.60. The molecular weight excluding hydrogens is 221 g/mol. The Morgan fingerprint density at radius 2 is 2.00 bits per heavy atom. The molecule has 1 aromatic rings. The molecule has 2 amide bonds. The Bertz CT molecular complexity index is 430. The lowest BCUT2D eigenvalue weighted by Crippen LogP contribution is -2.36. The van der Waals surface area contributed by atoms with E-state index in [9.17, 15) is 18.0 Å². The van der Waals surface area contributed by atoms with Gasteiger partial charge in [0.25, 0.3) is 0 Å². The zero-order chi connectivity index (χ0) is 11.9. The van der Waals surface area contributed by atoms with Gasteiger partial charge in [-0.25, -0.2) is 4.79 Å². The van der Waals surface area contributed by atoms with Crippen LogP contribution in [0.1, 0.15) is 11.5 Å². The largest absolute Gasteiger partial charge is 0.397 e. The standard InChI is InChI=1S/C10H9F3N2O/c11-10(12,13)7-5-15(9(14)16)8-4-2-1-3-6(7)8/h1-4,7H,5H2,(H2,14,16). The molecule has 0 saturated carbocycles. The number of halogens is 3. The third-order valence-electron chi connectivity index (χ3n) is 2.63. The summed E-state index contributed by atoms with van der Waals surface area (Å²) in [4.78, 5) is 12.0. The maximum atomic E-state index is 12.7. The number of carbonyl (C=O) groups excluding carboxylic acids is 1. The van der Waals surface area contributed by atoms with Crippen LogP contribution in [0.15, 0.2) is 24.3 Å². The van der Waals surface area contributed by atoms with E-state index in [0.717, 1.165) is 4.90 Å². The molecule has 2 rings (SSSR count). The molecular formula is C10H9F3N2O. The number of anilines is 1. The summed E-state index contributed by atoms with van der Waals surface area (Å²) in [6.45, 7) is -0.432. The maximum Gasteiger partial charge on any atom is 0.397 e. The number of fused-ring (bicyclic) bond motifs is 1. The summed E-state index contributed by atoms with van der Waals surface area (Å²) in [5.74, 6) is -1.64. The second kappa shape index (κ2) is 3.40. The molecule has 0 bridgehead atoms. The molecule has 2 N–H and O–H groups in total. The molecule has 1 aromatic carbocycles. The Hall–Kier alpha value is -1.72. The number of carbonyl (C=O) groups is 1. The lowest BCUT2D eigenvalue weighted by atomic mass is 10.0. The highest BCUT2D eigenvalue weighted by atomic mass is 19.4. The van der Waals surface area contributed by atoms with Gasteiger partial charge in [0.2, 0.25) is 0 Å². The van der Waals surface area contributed by atoms with Crippen molar-refractivity contribution in [3.63, 3.8) is 0 Å². The second-order valence-electron chi connectivity index (χ2n) is 3.60. The Morgan fingerprint density at radius 1 is 1.38 bits per heavy atom. The van der Waals surface area contributed by atoms with Crippen LogP contribution in [-0.4, -0.2) is 18.8 Å². The SMILES string of the molecule is NC(=O)N1CC(C(F)(F)F)c2ccccc21. The van der Waals surface area contributed by atoms with Crippen LogP contribution in [0.3, 0.4) is 0 Å². The van der Waals surface area contributed by atoms with E-state index in [1.54, 1.807) is 6.07 Å². The van der Waals surface area contributed by atoms with Crippen LogP contribution in [0, 0.1) is 0 Å². The lowest BCUT2D eigenvalue weighted by Gasteiger charge is -2.16. The topological polar surface area (TPSA) is 46.3 Å². The summed E-state index contributed by atoms with van der Waals surface area (Å²) in [5.41, 5.74) is 5.39. The van der Waals surface area contributed by atoms with E-state index >= 15 is 0 Å². The van der Waals surface area contributed by atoms with Crippen molar-refractivity contribution >= 4 is 11.7 Å². The Kier molecular flexibility index (Phi) is 2.29. The molecule has 0 aliphatic carbocycles. The number of nitrogens with zero attached hydrogens (tertiary/aromatic N) is 1. The van der Waals surface area contributed by atoms with Gasteiger partial charge in [-0.15, -0.1) is 0 Å². The Labute approximate surface area is 89.6 Å². The van der Waals surface area contributed by atoms with E-state index in [2.05, 4.69) is 0 Å². The minimum atomic E-state index is -4.36. The minimum Gasteiger partial charge on any atom is -0.351 e. The van der Waals surface area contributed by atoms with Crippen LogP contribution < -0.4 is 10.6 Å². The van der Waals surface area contributed by atoms with E-state index < -0.39 is 24.7 Å². The fraction of sp³-hybridized carbons (Fsp3) is 0.300. The molecule has 1 unspecified atom stereocenters. The van der Waals surface area contributed by atoms with E-state index in [0.29, 0.717) is 0 Å². The predicted molar refractivity (Wildman–Crippen MR) is 52.2 cm³/mol. The molecule has 1 atom stereocenters. The van der Waals surface area contributed by atoms with Crippen molar-refractivity contribution in [2.24, 2.45) is 5.73 Å². The molecule has 0 fully saturated rings. The number of para-hydroxylation sites is 1. The number of primary amides is 1. The molecule has 1 heterocycles. The predicted octanol–water partition coefficient (Wildman–Crippen LogP) is 2.23. The van der Waals surface area contributed by atoms with Crippen molar-refractivity contribution in [1.82, 2.24) is 0 Å². The molecule has 0 saturated heterocycles. The number of rotatable bonds is 0. The summed E-state index contributed by atoms with van der Waals surface area (Å²) in [6.07, 6.45) is -4.36. The summed E-state index contributed by atoms with van der Waals surface area (Å²) < 4.78 is 38.1. The maximum absolute atomic E-state index is 12.7. The van der Waals surface area contributed by atoms with Gasteiger partial charge in [-0.2, -0.15) is 13.2 Å². The number of amides is 2. The molecule has 0 spiro atoms. The van der Waals surface area contributed by atoms with Crippen molar-refractivity contribution in [1.29, 1.82) is 0 Å². The highest BCUT2D eigenvalue weighted by Crippen LogP contribution is 2.44. The van der Waals surface area contributed by atoms with Gasteiger partial charge < -0.3 is 5.73 Å². The molecule has 0 radical (unpaired) electrons. The van der Waals surface area contributed by atoms with Crippen LogP contribution in [0.4, 0.5) is 23.7 Å². The van der Waals surface area contributed by atoms with Gasteiger partial charge in [-0.3, -0.25) is 4.90 Å². The average Bonchev–Trinajstić information content (AvgIpc) is 2.56. The van der Waals surface area contributed by atoms with Crippen LogP contribution in [0.25, 0.3) is 0 Å². The first-order valence-corrected chi connectivity index (χ1v) is 4.64. The first-order chi connectivity index (χ1) is 7.41. The Balaban J connectivity index is 2.47. The van der Waals surface area contributed by atoms with Gasteiger partial charge >= 0.3 is 12.2 Å². The zero-order valence-electron chi connectivity index (χ0n) is 8.16. The fourth-order valence-electron chi connectivity index (χ4n) is 1.90. The molecule has 6 heteroatoms. The van der Waals surface area contributed by atoms with Crippen molar-refractivity contribution < 1.29 is 18.0 Å². The summed E-state index contributed by atoms with van der Waals surface area (Å²) >= 11 is 0. The number of urea groups is 1. The summed E-state index contributed by atoms with van der Waals surface area (Å²) in [6, 6.07) is 5.07. The van der Waals surface area contributed by atoms with E-state index in [1.165, 1.54) is 18.2 Å². The van der Waals surface area contributed by atoms with Crippen molar-refractivity contribution in [2.45, 2.75) is 12.1 Å². The highest BCUT2D eigenvalue weighted by molar-refractivity contribution is 5.93. The van der Waals surface area contributed by atoms with Crippen molar-refractivity contribution in [2.75, 3.05) is 11.4 Å². The van der Waals surface area contributed by atoms with Gasteiger partial charge in [0.15, 0.2) is 0 Å². The van der Waals surface area contributed by atoms with Gasteiger partial charge in [-0.05, 0) is 11.6 Å². The monoisotopic (exact) mass is 230 g/mol. The normalized spacial score (nSPS) is 19.7. The lowest BCUT2D eigenvalue weighted by molar-refractivity contribution is -0.146. The minimum absolute atomic E-state index is 0.105. The molecule has 1 aliphatic rings. The molecule has 3 nitrogen and oxygen atoms in total. The quantitative estimate of drug-likeness (QED) is 0.729. The van der Waals surface area contributed by atoms with E-state index in [-0.39, 0.29) is 11.3 Å². The third kappa shape index (κ3) is 1.60. The molecule has 16 heavy (non-hydrogen) atoms. The first-order valence-electron chi connectivity index (χ1n) is 4.64. The summed E-state index contributed by atoms with van der Waals surface area (Å²) in [5, 5.41) is 0. The number of alkyl halides is 3. The highest BCUT2D eigenvalue weighted by Gasteiger charge is 2.47. The number of hydrogen-bond acceptors (Lipinski definition) is 1. The fourth-order valence-corrected chi connectivity index (χ4v) is 1.90. The van der Waals surface area contributed by atoms with E-state index in [4.69, 9.17) is 5.73 Å². The van der Waals surface area contributed by atoms with Crippen LogP contribution in [-0.2, 0) is 0 Å². The van der Waals surface area contributed by atoms with Crippen LogP contribution in [0.5, 0.6) is 0 Å². The smallest absolute Gasteiger partial charge is 0.351 e. The molecule has 1 aliphatic heterocycles. The third-order valence-corrected chi connectivity index (χ3v) is 2.63. The van der Waals surface area contributed by atoms with Crippen molar-refractivity contribution in [3.8, 4) is 0 Å². The van der Waals surface area contributed by atoms with Gasteiger partial charge in [-0.1, -0.05) is 18.2 Å². The van der Waals surface area contributed by atoms with Gasteiger partial charge in [0, 0.05) is 12.2 Å². The molecule has 0 aromatic heterocycles. The zero-order valence-corrected chi connectivity index (χ0v) is 8.16. The Morgan fingerprint density at radius 3 is 2.56 bits per heavy atom. The first kappa shape index (κ1) is 10.8. The summed E-state index contributed by atoms with van der Waals surface area (Å²) in [7, 11) is 0. The van der Waals surface area contributed by atoms with E-state index in [1.807, 2.05) is 0 Å². The van der Waals surface area contributed by atoms with Crippen molar-refractivity contribution in [3.05, 3.63) is 29.8 Å². The number of nitrogens with two attached hydrogens (primary N) is 1. The number of benzene rings is 1. The van der Waals surface area contributed by atoms with Gasteiger partial charge in [0.1, 0.15) is 0 Å². The average molecular weight is 230 g/mol. The molecule has 86 valence electrons. The van der Waals surface area contributed by atoms with Crippen LogP contribution >= 0.6 is 0 Å². The number of hydrogen-bond donors (Lipinski definition) is 1. The van der Waals surface area contributed by atoms with Gasteiger partial charge in [0.05, 0.1) is 5.92 Å². The van der Waals surface area contributed by atoms with Crippen LogP contribution in [0.2, 0.25) is 0 Å².